The van der Waals surface area contributed by atoms with Crippen molar-refractivity contribution in [1.29, 1.82) is 0 Å². The summed E-state index contributed by atoms with van der Waals surface area (Å²) >= 11 is 0. The van der Waals surface area contributed by atoms with E-state index in [0.29, 0.717) is 31.7 Å². The molecule has 0 aliphatic carbocycles. The molecule has 1 aromatic carbocycles. The van der Waals surface area contributed by atoms with Gasteiger partial charge in [0.25, 0.3) is 5.91 Å². The molecule has 7 heteroatoms. The number of piperidine rings is 1. The summed E-state index contributed by atoms with van der Waals surface area (Å²) in [6.07, 6.45) is 7.38. The first-order valence-electron chi connectivity index (χ1n) is 11.1. The number of hydrogen-bond acceptors (Lipinski definition) is 4. The number of aromatic nitrogens is 3. The quantitative estimate of drug-likeness (QED) is 0.650. The average Bonchev–Trinajstić information content (AvgIpc) is 3.26. The van der Waals surface area contributed by atoms with Crippen LogP contribution in [0.2, 0.25) is 0 Å². The second-order valence-corrected chi connectivity index (χ2v) is 8.41. The smallest absolute Gasteiger partial charge is 0.274 e. The molecule has 1 fully saturated rings. The minimum atomic E-state index is -0.693. The van der Waals surface area contributed by atoms with Crippen LogP contribution in [0, 0.1) is 5.41 Å². The molecule has 0 spiro atoms. The van der Waals surface area contributed by atoms with Crippen LogP contribution in [0.5, 0.6) is 0 Å². The van der Waals surface area contributed by atoms with Crippen molar-refractivity contribution in [3.05, 3.63) is 72.3 Å². The highest BCUT2D eigenvalue weighted by Gasteiger charge is 2.44. The average molecular weight is 432 g/mol. The first-order chi connectivity index (χ1) is 15.5. The summed E-state index contributed by atoms with van der Waals surface area (Å²) < 4.78 is 1.62. The molecule has 32 heavy (non-hydrogen) atoms. The standard InChI is InChI=1S/C25H29N5O2/c1-3-27-24(32)25(12-6-15-30(18-25)23(31)22-11-16-29(2)28-22)17-20-7-4-5-8-21(20)19-9-13-26-14-10-19/h4-5,7-11,13-14,16H,3,6,12,15,17-18H2,1-2H3,(H,27,32)/t25-/m1/s1. The molecule has 166 valence electrons. The van der Waals surface area contributed by atoms with Gasteiger partial charge in [0.05, 0.1) is 5.41 Å². The van der Waals surface area contributed by atoms with Crippen LogP contribution in [0.4, 0.5) is 0 Å². The zero-order chi connectivity index (χ0) is 22.6. The van der Waals surface area contributed by atoms with Crippen molar-refractivity contribution < 1.29 is 9.59 Å². The normalized spacial score (nSPS) is 18.4. The monoisotopic (exact) mass is 431 g/mol. The predicted molar refractivity (Wildman–Crippen MR) is 123 cm³/mol. The first-order valence-corrected chi connectivity index (χ1v) is 11.1. The van der Waals surface area contributed by atoms with Crippen molar-refractivity contribution in [3.8, 4) is 11.1 Å². The van der Waals surface area contributed by atoms with Gasteiger partial charge in [-0.1, -0.05) is 24.3 Å². The molecule has 0 unspecified atom stereocenters. The van der Waals surface area contributed by atoms with Crippen molar-refractivity contribution in [2.24, 2.45) is 12.5 Å². The Bertz CT molecular complexity index is 1090. The van der Waals surface area contributed by atoms with Crippen molar-refractivity contribution in [2.75, 3.05) is 19.6 Å². The minimum Gasteiger partial charge on any atom is -0.356 e. The fourth-order valence-corrected chi connectivity index (χ4v) is 4.61. The maximum Gasteiger partial charge on any atom is 0.274 e. The molecule has 0 saturated carbocycles. The number of nitrogens with one attached hydrogen (secondary N) is 1. The third-order valence-electron chi connectivity index (χ3n) is 6.15. The van der Waals surface area contributed by atoms with E-state index in [1.807, 2.05) is 31.2 Å². The fourth-order valence-electron chi connectivity index (χ4n) is 4.61. The zero-order valence-electron chi connectivity index (χ0n) is 18.6. The molecule has 0 bridgehead atoms. The van der Waals surface area contributed by atoms with Gasteiger partial charge in [-0.15, -0.1) is 0 Å². The van der Waals surface area contributed by atoms with Crippen LogP contribution in [-0.4, -0.2) is 51.1 Å². The van der Waals surface area contributed by atoms with Crippen LogP contribution < -0.4 is 5.32 Å². The van der Waals surface area contributed by atoms with Gasteiger partial charge >= 0.3 is 0 Å². The van der Waals surface area contributed by atoms with Crippen LogP contribution in [-0.2, 0) is 18.3 Å². The van der Waals surface area contributed by atoms with E-state index in [1.165, 1.54) is 0 Å². The van der Waals surface area contributed by atoms with Crippen LogP contribution >= 0.6 is 0 Å². The Hall–Kier alpha value is -3.48. The van der Waals surface area contributed by atoms with Gasteiger partial charge < -0.3 is 10.2 Å². The number of benzene rings is 1. The molecule has 2 amide bonds. The van der Waals surface area contributed by atoms with E-state index in [9.17, 15) is 9.59 Å². The largest absolute Gasteiger partial charge is 0.356 e. The maximum atomic E-state index is 13.4. The van der Waals surface area contributed by atoms with E-state index < -0.39 is 5.41 Å². The summed E-state index contributed by atoms with van der Waals surface area (Å²) in [6.45, 7) is 3.48. The molecule has 1 aliphatic rings. The molecular formula is C25H29N5O2. The number of hydrogen-bond donors (Lipinski definition) is 1. The number of nitrogens with zero attached hydrogens (tertiary/aromatic N) is 4. The molecule has 2 aromatic heterocycles. The van der Waals surface area contributed by atoms with Gasteiger partial charge in [-0.05, 0) is 61.1 Å². The highest BCUT2D eigenvalue weighted by molar-refractivity contribution is 5.93. The number of carbonyl (C=O) groups excluding carboxylic acids is 2. The van der Waals surface area contributed by atoms with Gasteiger partial charge in [0, 0.05) is 45.3 Å². The highest BCUT2D eigenvalue weighted by atomic mass is 16.2. The van der Waals surface area contributed by atoms with Crippen molar-refractivity contribution in [1.82, 2.24) is 25.0 Å². The second kappa shape index (κ2) is 9.34. The Labute approximate surface area is 188 Å². The summed E-state index contributed by atoms with van der Waals surface area (Å²) in [5.74, 6) is -0.121. The van der Waals surface area contributed by atoms with E-state index in [4.69, 9.17) is 0 Å². The number of carbonyl (C=O) groups is 2. The third-order valence-corrected chi connectivity index (χ3v) is 6.15. The van der Waals surface area contributed by atoms with Gasteiger partial charge in [0.1, 0.15) is 5.69 Å². The lowest BCUT2D eigenvalue weighted by Crippen LogP contribution is -2.54. The SMILES string of the molecule is CCNC(=O)[C@@]1(Cc2ccccc2-c2ccncc2)CCCN(C(=O)c2ccn(C)n2)C1. The van der Waals surface area contributed by atoms with E-state index >= 15 is 0 Å². The fraction of sp³-hybridized carbons (Fsp3) is 0.360. The summed E-state index contributed by atoms with van der Waals surface area (Å²) in [4.78, 5) is 32.5. The highest BCUT2D eigenvalue weighted by Crippen LogP contribution is 2.37. The molecule has 3 heterocycles. The Morgan fingerprint density at radius 3 is 2.62 bits per heavy atom. The Kier molecular flexibility index (Phi) is 6.35. The predicted octanol–water partition coefficient (Wildman–Crippen LogP) is 3.08. The van der Waals surface area contributed by atoms with Crippen molar-refractivity contribution >= 4 is 11.8 Å². The Morgan fingerprint density at radius 1 is 1.12 bits per heavy atom. The second-order valence-electron chi connectivity index (χ2n) is 8.41. The summed E-state index contributed by atoms with van der Waals surface area (Å²) in [7, 11) is 1.79. The first kappa shape index (κ1) is 21.7. The molecule has 1 aliphatic heterocycles. The van der Waals surface area contributed by atoms with Crippen LogP contribution in [0.1, 0.15) is 35.8 Å². The lowest BCUT2D eigenvalue weighted by molar-refractivity contribution is -0.133. The van der Waals surface area contributed by atoms with Gasteiger partial charge in [-0.25, -0.2) is 0 Å². The Morgan fingerprint density at radius 2 is 1.91 bits per heavy atom. The van der Waals surface area contributed by atoms with Crippen molar-refractivity contribution in [2.45, 2.75) is 26.2 Å². The van der Waals surface area contributed by atoms with Crippen molar-refractivity contribution in [3.63, 3.8) is 0 Å². The minimum absolute atomic E-state index is 0.00283. The molecule has 7 nitrogen and oxygen atoms in total. The van der Waals surface area contributed by atoms with Gasteiger partial charge in [0.15, 0.2) is 0 Å². The maximum absolute atomic E-state index is 13.4. The molecule has 3 aromatic rings. The van der Waals surface area contributed by atoms with Gasteiger partial charge in [0.2, 0.25) is 5.91 Å². The molecular weight excluding hydrogens is 402 g/mol. The topological polar surface area (TPSA) is 80.1 Å². The molecule has 1 N–H and O–H groups in total. The zero-order valence-corrected chi connectivity index (χ0v) is 18.6. The number of aryl methyl sites for hydroxylation is 1. The van der Waals surface area contributed by atoms with Crippen LogP contribution in [0.3, 0.4) is 0 Å². The number of amides is 2. The Balaban J connectivity index is 1.67. The molecule has 0 radical (unpaired) electrons. The van der Waals surface area contributed by atoms with Crippen LogP contribution in [0.15, 0.2) is 61.1 Å². The molecule has 1 saturated heterocycles. The van der Waals surface area contributed by atoms with E-state index in [-0.39, 0.29) is 11.8 Å². The van der Waals surface area contributed by atoms with Gasteiger partial charge in [-0.2, -0.15) is 5.10 Å². The number of likely N-dealkylation sites (tertiary alicyclic amines) is 1. The lowest BCUT2D eigenvalue weighted by atomic mass is 9.73. The van der Waals surface area contributed by atoms with Crippen LogP contribution in [0.25, 0.3) is 11.1 Å². The summed E-state index contributed by atoms with van der Waals surface area (Å²) in [6, 6.07) is 13.9. The lowest BCUT2D eigenvalue weighted by Gasteiger charge is -2.42. The summed E-state index contributed by atoms with van der Waals surface area (Å²) in [5, 5.41) is 7.30. The number of pyridine rings is 1. The third kappa shape index (κ3) is 4.42. The summed E-state index contributed by atoms with van der Waals surface area (Å²) in [5.41, 5.74) is 2.97. The molecule has 1 atom stereocenters. The van der Waals surface area contributed by atoms with Gasteiger partial charge in [-0.3, -0.25) is 19.3 Å². The molecule has 4 rings (SSSR count). The van der Waals surface area contributed by atoms with E-state index in [1.54, 1.807) is 41.3 Å². The number of rotatable bonds is 6. The van der Waals surface area contributed by atoms with E-state index in [0.717, 1.165) is 29.5 Å². The van der Waals surface area contributed by atoms with E-state index in [2.05, 4.69) is 27.5 Å².